The minimum atomic E-state index is -0.410. The number of aryl methyl sites for hydroxylation is 1. The highest BCUT2D eigenvalue weighted by Gasteiger charge is 2.36. The van der Waals surface area contributed by atoms with Gasteiger partial charge in [-0.3, -0.25) is 0 Å². The second kappa shape index (κ2) is 5.84. The van der Waals surface area contributed by atoms with E-state index in [0.717, 1.165) is 22.5 Å². The van der Waals surface area contributed by atoms with E-state index in [0.29, 0.717) is 5.88 Å². The first-order chi connectivity index (χ1) is 12.2. The average Bonchev–Trinajstić information content (AvgIpc) is 2.98. The number of hydrogen-bond donors (Lipinski definition) is 1. The van der Waals surface area contributed by atoms with E-state index in [4.69, 9.17) is 4.74 Å². The van der Waals surface area contributed by atoms with E-state index < -0.39 is 5.92 Å². The Hall–Kier alpha value is -3.52. The standard InChI is InChI=1S/C20H15N3O2/c1-13-17-18(14-8-4-2-5-9-14)16(12-21)20(24)25-19(17)23(22-13)15-10-6-3-7-11-15/h2-11,18,24H,1H3/t18-/m1/s1. The first-order valence-electron chi connectivity index (χ1n) is 7.91. The van der Waals surface area contributed by atoms with Crippen molar-refractivity contribution in [3.05, 3.63) is 89.0 Å². The summed E-state index contributed by atoms with van der Waals surface area (Å²) < 4.78 is 7.26. The molecule has 3 aromatic rings. The summed E-state index contributed by atoms with van der Waals surface area (Å²) in [5.74, 6) is -0.345. The number of nitrogens with zero attached hydrogens (tertiary/aromatic N) is 3. The highest BCUT2D eigenvalue weighted by Crippen LogP contribution is 2.44. The number of fused-ring (bicyclic) bond motifs is 1. The van der Waals surface area contributed by atoms with Gasteiger partial charge >= 0.3 is 0 Å². The quantitative estimate of drug-likeness (QED) is 0.771. The molecule has 0 saturated heterocycles. The predicted octanol–water partition coefficient (Wildman–Crippen LogP) is 4.00. The van der Waals surface area contributed by atoms with Gasteiger partial charge in [0.05, 0.1) is 22.9 Å². The van der Waals surface area contributed by atoms with Gasteiger partial charge < -0.3 is 9.84 Å². The van der Waals surface area contributed by atoms with Crippen molar-refractivity contribution in [2.45, 2.75) is 12.8 Å². The molecule has 2 aromatic carbocycles. The summed E-state index contributed by atoms with van der Waals surface area (Å²) in [6.07, 6.45) is 0. The SMILES string of the molecule is Cc1nn(-c2ccccc2)c2c1[C@H](c1ccccc1)C(C#N)=C(O)O2. The lowest BCUT2D eigenvalue weighted by atomic mass is 9.84. The van der Waals surface area contributed by atoms with Crippen molar-refractivity contribution in [3.8, 4) is 17.6 Å². The van der Waals surface area contributed by atoms with Crippen molar-refractivity contribution in [3.63, 3.8) is 0 Å². The third-order valence-corrected chi connectivity index (χ3v) is 4.32. The molecule has 1 N–H and O–H groups in total. The molecule has 0 spiro atoms. The number of para-hydroxylation sites is 1. The van der Waals surface area contributed by atoms with E-state index in [1.807, 2.05) is 67.6 Å². The number of aromatic nitrogens is 2. The molecule has 0 unspecified atom stereocenters. The lowest BCUT2D eigenvalue weighted by molar-refractivity contribution is 0.185. The largest absolute Gasteiger partial charge is 0.480 e. The maximum absolute atomic E-state index is 10.3. The van der Waals surface area contributed by atoms with Crippen molar-refractivity contribution < 1.29 is 9.84 Å². The smallest absolute Gasteiger partial charge is 0.298 e. The van der Waals surface area contributed by atoms with Crippen LogP contribution in [-0.2, 0) is 0 Å². The summed E-state index contributed by atoms with van der Waals surface area (Å²) in [5.41, 5.74) is 3.48. The molecule has 0 radical (unpaired) electrons. The fourth-order valence-corrected chi connectivity index (χ4v) is 3.20. The van der Waals surface area contributed by atoms with Gasteiger partial charge in [-0.25, -0.2) is 4.68 Å². The number of hydrogen-bond acceptors (Lipinski definition) is 4. The Bertz CT molecular complexity index is 999. The van der Waals surface area contributed by atoms with Gasteiger partial charge in [-0.2, -0.15) is 10.4 Å². The van der Waals surface area contributed by atoms with Crippen molar-refractivity contribution in [2.24, 2.45) is 0 Å². The molecule has 122 valence electrons. The number of aliphatic hydroxyl groups is 1. The molecule has 0 bridgehead atoms. The third-order valence-electron chi connectivity index (χ3n) is 4.32. The molecule has 25 heavy (non-hydrogen) atoms. The second-order valence-corrected chi connectivity index (χ2v) is 5.83. The topological polar surface area (TPSA) is 71.1 Å². The van der Waals surface area contributed by atoms with Crippen LogP contribution in [0.25, 0.3) is 5.69 Å². The van der Waals surface area contributed by atoms with E-state index >= 15 is 0 Å². The van der Waals surface area contributed by atoms with Crippen LogP contribution >= 0.6 is 0 Å². The van der Waals surface area contributed by atoms with Crippen LogP contribution < -0.4 is 4.74 Å². The normalized spacial score (nSPS) is 16.1. The average molecular weight is 329 g/mol. The van der Waals surface area contributed by atoms with Crippen LogP contribution in [0.2, 0.25) is 0 Å². The highest BCUT2D eigenvalue weighted by molar-refractivity contribution is 5.56. The van der Waals surface area contributed by atoms with Gasteiger partial charge in [0.25, 0.3) is 5.95 Å². The number of nitriles is 1. The lowest BCUT2D eigenvalue weighted by Gasteiger charge is -2.23. The van der Waals surface area contributed by atoms with Crippen LogP contribution in [0.5, 0.6) is 5.88 Å². The Morgan fingerprint density at radius 1 is 1.08 bits per heavy atom. The maximum atomic E-state index is 10.3. The van der Waals surface area contributed by atoms with Gasteiger partial charge in [-0.05, 0) is 24.6 Å². The van der Waals surface area contributed by atoms with E-state index in [2.05, 4.69) is 11.2 Å². The first-order valence-corrected chi connectivity index (χ1v) is 7.91. The minimum absolute atomic E-state index is 0.189. The number of benzene rings is 2. The fraction of sp³-hybridized carbons (Fsp3) is 0.100. The molecular formula is C20H15N3O2. The molecule has 2 heterocycles. The van der Waals surface area contributed by atoms with Crippen molar-refractivity contribution in [1.82, 2.24) is 9.78 Å². The Morgan fingerprint density at radius 3 is 2.36 bits per heavy atom. The van der Waals surface area contributed by atoms with E-state index in [9.17, 15) is 10.4 Å². The molecule has 0 fully saturated rings. The number of rotatable bonds is 2. The molecule has 1 aliphatic heterocycles. The Morgan fingerprint density at radius 2 is 1.72 bits per heavy atom. The molecule has 1 atom stereocenters. The highest BCUT2D eigenvalue weighted by atomic mass is 16.6. The Labute approximate surface area is 145 Å². The van der Waals surface area contributed by atoms with Crippen LogP contribution in [0.15, 0.2) is 72.2 Å². The van der Waals surface area contributed by atoms with E-state index in [-0.39, 0.29) is 11.5 Å². The van der Waals surface area contributed by atoms with Crippen LogP contribution in [0, 0.1) is 18.3 Å². The molecule has 5 heteroatoms. The Kier molecular flexibility index (Phi) is 3.51. The zero-order chi connectivity index (χ0) is 17.4. The molecule has 1 aromatic heterocycles. The van der Waals surface area contributed by atoms with Gasteiger partial charge in [-0.15, -0.1) is 0 Å². The van der Waals surface area contributed by atoms with E-state index in [1.165, 1.54) is 0 Å². The van der Waals surface area contributed by atoms with Gasteiger partial charge in [0.15, 0.2) is 0 Å². The monoisotopic (exact) mass is 329 g/mol. The molecule has 5 nitrogen and oxygen atoms in total. The van der Waals surface area contributed by atoms with Crippen molar-refractivity contribution in [2.75, 3.05) is 0 Å². The summed E-state index contributed by atoms with van der Waals surface area (Å²) in [5, 5.41) is 24.5. The van der Waals surface area contributed by atoms with Gasteiger partial charge in [0.1, 0.15) is 11.6 Å². The summed E-state index contributed by atoms with van der Waals surface area (Å²) in [7, 11) is 0. The maximum Gasteiger partial charge on any atom is 0.298 e. The lowest BCUT2D eigenvalue weighted by Crippen LogP contribution is -2.17. The number of aliphatic hydroxyl groups excluding tert-OH is 1. The van der Waals surface area contributed by atoms with Crippen LogP contribution in [0.4, 0.5) is 0 Å². The van der Waals surface area contributed by atoms with Crippen LogP contribution in [-0.4, -0.2) is 14.9 Å². The molecule has 4 rings (SSSR count). The first kappa shape index (κ1) is 15.0. The number of allylic oxidation sites excluding steroid dienone is 1. The third kappa shape index (κ3) is 2.36. The van der Waals surface area contributed by atoms with Crippen molar-refractivity contribution >= 4 is 0 Å². The molecule has 0 aliphatic carbocycles. The summed E-state index contributed by atoms with van der Waals surface area (Å²) >= 11 is 0. The van der Waals surface area contributed by atoms with Gasteiger partial charge in [-0.1, -0.05) is 48.5 Å². The fourth-order valence-electron chi connectivity index (χ4n) is 3.20. The zero-order valence-corrected chi connectivity index (χ0v) is 13.5. The predicted molar refractivity (Wildman–Crippen MR) is 92.5 cm³/mol. The summed E-state index contributed by atoms with van der Waals surface area (Å²) in [4.78, 5) is 0. The molecule has 0 saturated carbocycles. The van der Waals surface area contributed by atoms with Gasteiger partial charge in [0, 0.05) is 0 Å². The van der Waals surface area contributed by atoms with Gasteiger partial charge in [0.2, 0.25) is 5.88 Å². The molecular weight excluding hydrogens is 314 g/mol. The minimum Gasteiger partial charge on any atom is -0.480 e. The zero-order valence-electron chi connectivity index (χ0n) is 13.5. The van der Waals surface area contributed by atoms with E-state index in [1.54, 1.807) is 4.68 Å². The number of ether oxygens (including phenoxy) is 1. The van der Waals surface area contributed by atoms with Crippen molar-refractivity contribution in [1.29, 1.82) is 5.26 Å². The summed E-state index contributed by atoms with van der Waals surface area (Å²) in [6, 6.07) is 21.3. The molecule has 1 aliphatic rings. The molecule has 0 amide bonds. The second-order valence-electron chi connectivity index (χ2n) is 5.83. The summed E-state index contributed by atoms with van der Waals surface area (Å²) in [6.45, 7) is 1.88. The van der Waals surface area contributed by atoms with Crippen LogP contribution in [0.3, 0.4) is 0 Å². The Balaban J connectivity index is 1.97. The van der Waals surface area contributed by atoms with Crippen LogP contribution in [0.1, 0.15) is 22.7 Å².